The van der Waals surface area contributed by atoms with Gasteiger partial charge < -0.3 is 9.59 Å². The molecule has 1 N–H and O–H groups in total. The van der Waals surface area contributed by atoms with Gasteiger partial charge in [-0.1, -0.05) is 58.8 Å². The van der Waals surface area contributed by atoms with Crippen molar-refractivity contribution in [3.05, 3.63) is 0 Å². The predicted molar refractivity (Wildman–Crippen MR) is 85.3 cm³/mol. The van der Waals surface area contributed by atoms with Crippen LogP contribution in [0.2, 0.25) is 0 Å². The summed E-state index contributed by atoms with van der Waals surface area (Å²) in [7, 11) is 4.52. The molecule has 0 fully saturated rings. The molecule has 0 aliphatic heterocycles. The number of nitrogens with zero attached hydrogens (tertiary/aromatic N) is 1. The highest BCUT2D eigenvalue weighted by molar-refractivity contribution is 4.60. The van der Waals surface area contributed by atoms with E-state index in [1.54, 1.807) is 0 Å². The molecule has 0 heterocycles. The van der Waals surface area contributed by atoms with Crippen LogP contribution in [0.1, 0.15) is 71.6 Å². The Kier molecular flexibility index (Phi) is 11.7. The van der Waals surface area contributed by atoms with Gasteiger partial charge in [-0.05, 0) is 12.8 Å². The number of hydrogen-bond donors (Lipinski definition) is 1. The van der Waals surface area contributed by atoms with Crippen LogP contribution in [0.25, 0.3) is 0 Å². The summed E-state index contributed by atoms with van der Waals surface area (Å²) in [4.78, 5) is 0. The van der Waals surface area contributed by atoms with Gasteiger partial charge in [0.1, 0.15) is 6.54 Å². The Morgan fingerprint density at radius 1 is 0.842 bits per heavy atom. The van der Waals surface area contributed by atoms with Crippen molar-refractivity contribution in [2.75, 3.05) is 33.8 Å². The first-order valence-electron chi connectivity index (χ1n) is 8.48. The van der Waals surface area contributed by atoms with Crippen LogP contribution in [0.15, 0.2) is 0 Å². The maximum atomic E-state index is 9.16. The van der Waals surface area contributed by atoms with Crippen LogP contribution in [0.3, 0.4) is 0 Å². The lowest BCUT2D eigenvalue weighted by Gasteiger charge is -2.33. The van der Waals surface area contributed by atoms with Gasteiger partial charge in [-0.25, -0.2) is 0 Å². The Bertz CT molecular complexity index is 192. The van der Waals surface area contributed by atoms with Gasteiger partial charge in [0.2, 0.25) is 0 Å². The number of aliphatic hydroxyl groups excluding tert-OH is 1. The van der Waals surface area contributed by atoms with E-state index in [2.05, 4.69) is 27.9 Å². The van der Waals surface area contributed by atoms with Gasteiger partial charge in [0.05, 0.1) is 27.2 Å². The Morgan fingerprint density at radius 2 is 1.37 bits per heavy atom. The van der Waals surface area contributed by atoms with Crippen LogP contribution in [0.5, 0.6) is 0 Å². The summed E-state index contributed by atoms with van der Waals surface area (Å²) >= 11 is 0. The summed E-state index contributed by atoms with van der Waals surface area (Å²) in [5, 5.41) is 9.16. The van der Waals surface area contributed by atoms with Gasteiger partial charge in [0.15, 0.2) is 0 Å². The van der Waals surface area contributed by atoms with Crippen LogP contribution in [-0.4, -0.2) is 43.4 Å². The summed E-state index contributed by atoms with van der Waals surface area (Å²) in [6.07, 6.45) is 12.3. The summed E-state index contributed by atoms with van der Waals surface area (Å²) < 4.78 is 0.973. The number of aliphatic hydroxyl groups is 1. The quantitative estimate of drug-likeness (QED) is 0.393. The number of likely N-dealkylation sites (N-methyl/N-ethyl adjacent to an activating group) is 1. The second kappa shape index (κ2) is 11.7. The van der Waals surface area contributed by atoms with Crippen LogP contribution >= 0.6 is 0 Å². The second-order valence-electron chi connectivity index (χ2n) is 6.78. The van der Waals surface area contributed by atoms with Gasteiger partial charge in [-0.2, -0.15) is 0 Å². The third-order valence-electron chi connectivity index (χ3n) is 4.14. The SMILES string of the molecule is CCCCCCC(CCCCC)C[N+](C)(C)CCO. The highest BCUT2D eigenvalue weighted by Gasteiger charge is 2.21. The monoisotopic (exact) mass is 272 g/mol. The maximum absolute atomic E-state index is 9.16. The standard InChI is InChI=1S/C17H38NO/c1-5-7-9-11-13-17(12-10-8-6-2)16-18(3,4)14-15-19/h17,19H,5-16H2,1-4H3/q+1. The summed E-state index contributed by atoms with van der Waals surface area (Å²) in [6, 6.07) is 0. The fourth-order valence-corrected chi connectivity index (χ4v) is 2.93. The van der Waals surface area contributed by atoms with Crippen molar-refractivity contribution in [2.45, 2.75) is 71.6 Å². The third kappa shape index (κ3) is 11.4. The van der Waals surface area contributed by atoms with Crippen LogP contribution in [0, 0.1) is 5.92 Å². The average molecular weight is 272 g/mol. The Labute approximate surface area is 121 Å². The lowest BCUT2D eigenvalue weighted by atomic mass is 9.93. The maximum Gasteiger partial charge on any atom is 0.102 e. The van der Waals surface area contributed by atoms with Crippen molar-refractivity contribution in [3.63, 3.8) is 0 Å². The van der Waals surface area contributed by atoms with E-state index in [1.165, 1.54) is 64.3 Å². The first-order chi connectivity index (χ1) is 9.05. The van der Waals surface area contributed by atoms with Crippen molar-refractivity contribution in [3.8, 4) is 0 Å². The molecule has 0 aromatic carbocycles. The van der Waals surface area contributed by atoms with E-state index in [0.29, 0.717) is 6.61 Å². The molecular formula is C17H38NO+. The lowest BCUT2D eigenvalue weighted by molar-refractivity contribution is -0.894. The Morgan fingerprint density at radius 3 is 1.89 bits per heavy atom. The molecule has 0 rings (SSSR count). The molecule has 1 unspecified atom stereocenters. The summed E-state index contributed by atoms with van der Waals surface area (Å²) in [5.41, 5.74) is 0. The van der Waals surface area contributed by atoms with Crippen LogP contribution < -0.4 is 0 Å². The van der Waals surface area contributed by atoms with E-state index in [0.717, 1.165) is 16.9 Å². The van der Waals surface area contributed by atoms with Gasteiger partial charge >= 0.3 is 0 Å². The average Bonchev–Trinajstić information content (AvgIpc) is 2.34. The number of hydrogen-bond acceptors (Lipinski definition) is 1. The fraction of sp³-hybridized carbons (Fsp3) is 1.00. The van der Waals surface area contributed by atoms with Crippen molar-refractivity contribution in [1.29, 1.82) is 0 Å². The smallest absolute Gasteiger partial charge is 0.102 e. The molecule has 19 heavy (non-hydrogen) atoms. The minimum absolute atomic E-state index is 0.310. The molecule has 0 bridgehead atoms. The van der Waals surface area contributed by atoms with Crippen molar-refractivity contribution >= 4 is 0 Å². The molecule has 1 atom stereocenters. The molecule has 0 aromatic heterocycles. The normalized spacial score (nSPS) is 13.7. The number of rotatable bonds is 13. The Balaban J connectivity index is 4.08. The van der Waals surface area contributed by atoms with Crippen molar-refractivity contribution in [1.82, 2.24) is 0 Å². The molecular weight excluding hydrogens is 234 g/mol. The highest BCUT2D eigenvalue weighted by Crippen LogP contribution is 2.20. The van der Waals surface area contributed by atoms with E-state index in [-0.39, 0.29) is 0 Å². The zero-order valence-electron chi connectivity index (χ0n) is 14.0. The Hall–Kier alpha value is -0.0800. The third-order valence-corrected chi connectivity index (χ3v) is 4.14. The van der Waals surface area contributed by atoms with E-state index >= 15 is 0 Å². The molecule has 0 aliphatic carbocycles. The number of quaternary nitrogens is 1. The molecule has 0 spiro atoms. The molecule has 2 heteroatoms. The molecule has 116 valence electrons. The topological polar surface area (TPSA) is 20.2 Å². The van der Waals surface area contributed by atoms with Crippen molar-refractivity contribution < 1.29 is 9.59 Å². The van der Waals surface area contributed by atoms with E-state index in [9.17, 15) is 0 Å². The summed E-state index contributed by atoms with van der Waals surface area (Å²) in [5.74, 6) is 0.852. The number of unbranched alkanes of at least 4 members (excludes halogenated alkanes) is 5. The zero-order chi connectivity index (χ0) is 14.6. The van der Waals surface area contributed by atoms with E-state index in [1.807, 2.05) is 0 Å². The van der Waals surface area contributed by atoms with Crippen LogP contribution in [0.4, 0.5) is 0 Å². The zero-order valence-corrected chi connectivity index (χ0v) is 14.0. The molecule has 0 aromatic rings. The molecule has 0 amide bonds. The molecule has 0 saturated heterocycles. The molecule has 0 radical (unpaired) electrons. The van der Waals surface area contributed by atoms with Gasteiger partial charge in [-0.3, -0.25) is 0 Å². The van der Waals surface area contributed by atoms with Crippen LogP contribution in [-0.2, 0) is 0 Å². The first-order valence-corrected chi connectivity index (χ1v) is 8.48. The van der Waals surface area contributed by atoms with Gasteiger partial charge in [0, 0.05) is 5.92 Å². The largest absolute Gasteiger partial charge is 0.391 e. The fourth-order valence-electron chi connectivity index (χ4n) is 2.93. The molecule has 0 saturated carbocycles. The lowest BCUT2D eigenvalue weighted by Crippen LogP contribution is -2.45. The molecule has 0 aliphatic rings. The van der Waals surface area contributed by atoms with Gasteiger partial charge in [-0.15, -0.1) is 0 Å². The van der Waals surface area contributed by atoms with E-state index in [4.69, 9.17) is 5.11 Å². The second-order valence-corrected chi connectivity index (χ2v) is 6.78. The highest BCUT2D eigenvalue weighted by atomic mass is 16.3. The van der Waals surface area contributed by atoms with Gasteiger partial charge in [0.25, 0.3) is 0 Å². The first kappa shape index (κ1) is 18.9. The molecule has 2 nitrogen and oxygen atoms in total. The van der Waals surface area contributed by atoms with E-state index < -0.39 is 0 Å². The van der Waals surface area contributed by atoms with Crippen molar-refractivity contribution in [2.24, 2.45) is 5.92 Å². The minimum atomic E-state index is 0.310. The summed E-state index contributed by atoms with van der Waals surface area (Å²) in [6.45, 7) is 6.99. The predicted octanol–water partition coefficient (Wildman–Crippen LogP) is 4.22. The minimum Gasteiger partial charge on any atom is -0.391 e.